The summed E-state index contributed by atoms with van der Waals surface area (Å²) in [7, 11) is 0. The first-order valence-electron chi connectivity index (χ1n) is 9.56. The summed E-state index contributed by atoms with van der Waals surface area (Å²) in [5.41, 5.74) is 2.09. The molecule has 1 aliphatic heterocycles. The number of carbonyl (C=O) groups is 2. The van der Waals surface area contributed by atoms with Crippen molar-refractivity contribution in [2.45, 2.75) is 0 Å². The number of aliphatic carboxylic acids is 1. The summed E-state index contributed by atoms with van der Waals surface area (Å²) in [6.07, 6.45) is 1.10. The maximum Gasteiger partial charge on any atom is 0.336 e. The Kier molecular flexibility index (Phi) is 6.99. The number of aliphatic hydroxyl groups excluding tert-OH is 1. The maximum absolute atomic E-state index is 12.3. The smallest absolute Gasteiger partial charge is 0.336 e. The van der Waals surface area contributed by atoms with Gasteiger partial charge in [-0.25, -0.2) is 4.79 Å². The average molecular weight is 395 g/mol. The number of nitrogens with zero attached hydrogens (tertiary/aromatic N) is 2. The number of piperazine rings is 1. The number of carbonyl (C=O) groups excluding carboxylic acids is 1. The Morgan fingerprint density at radius 1 is 0.966 bits per heavy atom. The Labute approximate surface area is 169 Å². The molecule has 0 aromatic heterocycles. The number of aliphatic hydroxyl groups is 1. The van der Waals surface area contributed by atoms with Crippen molar-refractivity contribution in [1.29, 1.82) is 0 Å². The molecular weight excluding hydrogens is 370 g/mol. The van der Waals surface area contributed by atoms with Crippen molar-refractivity contribution < 1.29 is 19.8 Å². The number of anilines is 2. The summed E-state index contributed by atoms with van der Waals surface area (Å²) >= 11 is 0. The molecule has 7 heteroatoms. The predicted molar refractivity (Wildman–Crippen MR) is 113 cm³/mol. The normalized spacial score (nSPS) is 15.2. The van der Waals surface area contributed by atoms with E-state index in [9.17, 15) is 14.7 Å². The third-order valence-corrected chi connectivity index (χ3v) is 4.88. The minimum Gasteiger partial charge on any atom is -0.478 e. The quantitative estimate of drug-likeness (QED) is 0.620. The van der Waals surface area contributed by atoms with Gasteiger partial charge < -0.3 is 20.4 Å². The zero-order chi connectivity index (χ0) is 20.6. The molecule has 3 N–H and O–H groups in total. The first kappa shape index (κ1) is 20.6. The first-order valence-corrected chi connectivity index (χ1v) is 9.56. The highest BCUT2D eigenvalue weighted by atomic mass is 16.4. The van der Waals surface area contributed by atoms with E-state index in [0.29, 0.717) is 17.8 Å². The van der Waals surface area contributed by atoms with Crippen LogP contribution in [0.1, 0.15) is 5.56 Å². The molecular formula is C22H25N3O4. The minimum atomic E-state index is -1.15. The number of benzene rings is 2. The Bertz CT molecular complexity index is 857. The fourth-order valence-electron chi connectivity index (χ4n) is 3.32. The summed E-state index contributed by atoms with van der Waals surface area (Å²) in [6, 6.07) is 16.1. The van der Waals surface area contributed by atoms with E-state index >= 15 is 0 Å². The Morgan fingerprint density at radius 3 is 2.21 bits per heavy atom. The molecule has 0 radical (unpaired) electrons. The van der Waals surface area contributed by atoms with Crippen LogP contribution in [-0.4, -0.2) is 66.3 Å². The van der Waals surface area contributed by atoms with Gasteiger partial charge in [-0.3, -0.25) is 9.69 Å². The molecule has 0 spiro atoms. The van der Waals surface area contributed by atoms with Gasteiger partial charge in [0.25, 0.3) is 0 Å². The Morgan fingerprint density at radius 2 is 1.62 bits per heavy atom. The van der Waals surface area contributed by atoms with Crippen LogP contribution < -0.4 is 10.2 Å². The minimum absolute atomic E-state index is 0.0551. The third kappa shape index (κ3) is 5.66. The van der Waals surface area contributed by atoms with Crippen LogP contribution in [0, 0.1) is 0 Å². The van der Waals surface area contributed by atoms with Gasteiger partial charge in [-0.15, -0.1) is 0 Å². The maximum atomic E-state index is 12.3. The van der Waals surface area contributed by atoms with Gasteiger partial charge in [0, 0.05) is 50.2 Å². The van der Waals surface area contributed by atoms with E-state index < -0.39 is 11.9 Å². The van der Waals surface area contributed by atoms with Crippen molar-refractivity contribution in [2.75, 3.05) is 49.5 Å². The standard InChI is InChI=1S/C22H25N3O4/c26-15-14-24-10-12-25(13-11-24)19-8-6-18(7-9-19)23-21(27)16-20(22(28)29)17-4-2-1-3-5-17/h1-9,16,26H,10-15H2,(H,23,27)(H,28,29). The summed E-state index contributed by atoms with van der Waals surface area (Å²) in [5.74, 6) is -1.64. The van der Waals surface area contributed by atoms with Gasteiger partial charge in [0.05, 0.1) is 12.2 Å². The molecule has 2 aromatic carbocycles. The molecule has 0 atom stereocenters. The molecule has 0 saturated carbocycles. The fraction of sp³-hybridized carbons (Fsp3) is 0.273. The molecule has 1 heterocycles. The van der Waals surface area contributed by atoms with E-state index in [4.69, 9.17) is 5.11 Å². The van der Waals surface area contributed by atoms with Gasteiger partial charge in [0.15, 0.2) is 0 Å². The molecule has 3 rings (SSSR count). The number of rotatable bonds is 7. The van der Waals surface area contributed by atoms with Crippen LogP contribution >= 0.6 is 0 Å². The average Bonchev–Trinajstić information content (AvgIpc) is 2.74. The fourth-order valence-corrected chi connectivity index (χ4v) is 3.32. The highest BCUT2D eigenvalue weighted by Crippen LogP contribution is 2.20. The lowest BCUT2D eigenvalue weighted by Gasteiger charge is -2.35. The highest BCUT2D eigenvalue weighted by molar-refractivity contribution is 6.21. The van der Waals surface area contributed by atoms with Gasteiger partial charge in [-0.2, -0.15) is 0 Å². The Hall–Kier alpha value is -3.16. The molecule has 2 aromatic rings. The van der Waals surface area contributed by atoms with Crippen LogP contribution in [0.15, 0.2) is 60.7 Å². The molecule has 152 valence electrons. The van der Waals surface area contributed by atoms with Crippen molar-refractivity contribution in [3.63, 3.8) is 0 Å². The summed E-state index contributed by atoms with van der Waals surface area (Å²) in [6.45, 7) is 4.45. The van der Waals surface area contributed by atoms with Crippen LogP contribution in [0.3, 0.4) is 0 Å². The third-order valence-electron chi connectivity index (χ3n) is 4.88. The molecule has 1 fully saturated rings. The molecule has 7 nitrogen and oxygen atoms in total. The second-order valence-electron chi connectivity index (χ2n) is 6.82. The number of carboxylic acids is 1. The van der Waals surface area contributed by atoms with E-state index in [1.807, 2.05) is 24.3 Å². The van der Waals surface area contributed by atoms with Gasteiger partial charge >= 0.3 is 5.97 Å². The van der Waals surface area contributed by atoms with Crippen molar-refractivity contribution in [1.82, 2.24) is 4.90 Å². The van der Waals surface area contributed by atoms with Crippen LogP contribution in [0.25, 0.3) is 5.57 Å². The number of amides is 1. The second kappa shape index (κ2) is 9.86. The molecule has 1 saturated heterocycles. The van der Waals surface area contributed by atoms with Crippen molar-refractivity contribution >= 4 is 28.8 Å². The summed E-state index contributed by atoms with van der Waals surface area (Å²) in [4.78, 5) is 28.3. The van der Waals surface area contributed by atoms with Gasteiger partial charge in [-0.05, 0) is 29.8 Å². The topological polar surface area (TPSA) is 93.1 Å². The predicted octanol–water partition coefficient (Wildman–Crippen LogP) is 1.91. The van der Waals surface area contributed by atoms with Gasteiger partial charge in [-0.1, -0.05) is 30.3 Å². The largest absolute Gasteiger partial charge is 0.478 e. The van der Waals surface area contributed by atoms with Crippen molar-refractivity contribution in [2.24, 2.45) is 0 Å². The second-order valence-corrected chi connectivity index (χ2v) is 6.82. The van der Waals surface area contributed by atoms with E-state index in [1.165, 1.54) is 0 Å². The molecule has 29 heavy (non-hydrogen) atoms. The molecule has 1 aliphatic rings. The van der Waals surface area contributed by atoms with Gasteiger partial charge in [0.1, 0.15) is 0 Å². The van der Waals surface area contributed by atoms with Crippen LogP contribution in [0.5, 0.6) is 0 Å². The van der Waals surface area contributed by atoms with Crippen LogP contribution in [0.4, 0.5) is 11.4 Å². The van der Waals surface area contributed by atoms with E-state index in [0.717, 1.165) is 37.9 Å². The Balaban J connectivity index is 1.62. The number of hydrogen-bond donors (Lipinski definition) is 3. The molecule has 0 aliphatic carbocycles. The molecule has 0 bridgehead atoms. The van der Waals surface area contributed by atoms with Gasteiger partial charge in [0.2, 0.25) is 5.91 Å². The van der Waals surface area contributed by atoms with Crippen LogP contribution in [-0.2, 0) is 9.59 Å². The van der Waals surface area contributed by atoms with Crippen molar-refractivity contribution in [3.05, 3.63) is 66.2 Å². The molecule has 0 unspecified atom stereocenters. The monoisotopic (exact) mass is 395 g/mol. The zero-order valence-corrected chi connectivity index (χ0v) is 16.1. The number of carboxylic acid groups (broad SMARTS) is 1. The molecule has 1 amide bonds. The van der Waals surface area contributed by atoms with E-state index in [1.54, 1.807) is 30.3 Å². The van der Waals surface area contributed by atoms with Crippen LogP contribution in [0.2, 0.25) is 0 Å². The number of hydrogen-bond acceptors (Lipinski definition) is 5. The lowest BCUT2D eigenvalue weighted by molar-refractivity contribution is -0.130. The SMILES string of the molecule is O=C(C=C(C(=O)O)c1ccccc1)Nc1ccc(N2CCN(CCO)CC2)cc1. The lowest BCUT2D eigenvalue weighted by Crippen LogP contribution is -2.47. The number of β-amino-alcohol motifs (C(OH)–C–C–N with tert-alkyl or cyclic N) is 1. The zero-order valence-electron chi connectivity index (χ0n) is 16.1. The highest BCUT2D eigenvalue weighted by Gasteiger charge is 2.17. The first-order chi connectivity index (χ1) is 14.1. The number of nitrogens with one attached hydrogen (secondary N) is 1. The summed E-state index contributed by atoms with van der Waals surface area (Å²) < 4.78 is 0. The van der Waals surface area contributed by atoms with Crippen molar-refractivity contribution in [3.8, 4) is 0 Å². The lowest BCUT2D eigenvalue weighted by atomic mass is 10.1. The summed E-state index contributed by atoms with van der Waals surface area (Å²) in [5, 5.41) is 21.1. The van der Waals surface area contributed by atoms with E-state index in [-0.39, 0.29) is 12.2 Å². The van der Waals surface area contributed by atoms with E-state index in [2.05, 4.69) is 15.1 Å².